The first kappa shape index (κ1) is 14.2. The van der Waals surface area contributed by atoms with Gasteiger partial charge in [-0.05, 0) is 19.1 Å². The molecular formula is C14H11N3O4S. The molecule has 1 aromatic carbocycles. The van der Waals surface area contributed by atoms with Gasteiger partial charge in [-0.15, -0.1) is 10.2 Å². The third-order valence-electron chi connectivity index (χ3n) is 2.85. The van der Waals surface area contributed by atoms with E-state index in [2.05, 4.69) is 15.5 Å². The third-order valence-corrected chi connectivity index (χ3v) is 3.46. The number of carbonyl (C=O) groups is 1. The second kappa shape index (κ2) is 5.94. The van der Waals surface area contributed by atoms with E-state index >= 15 is 0 Å². The Morgan fingerprint density at radius 2 is 2.27 bits per heavy atom. The second-order valence-electron chi connectivity index (χ2n) is 4.27. The highest BCUT2D eigenvalue weighted by atomic mass is 32.1. The summed E-state index contributed by atoms with van der Waals surface area (Å²) in [6.07, 6.45) is 0. The molecule has 0 bridgehead atoms. The molecule has 2 heterocycles. The van der Waals surface area contributed by atoms with Crippen LogP contribution in [-0.2, 0) is 0 Å². The lowest BCUT2D eigenvalue weighted by molar-refractivity contribution is 0.102. The molecule has 1 N–H and O–H groups in total. The number of benzene rings is 1. The number of rotatable bonds is 4. The maximum atomic E-state index is 12.3. The van der Waals surface area contributed by atoms with Crippen LogP contribution in [0.2, 0.25) is 0 Å². The minimum Gasteiger partial charge on any atom is -0.494 e. The summed E-state index contributed by atoms with van der Waals surface area (Å²) in [5, 5.41) is 10.8. The highest BCUT2D eigenvalue weighted by molar-refractivity contribution is 7.13. The SMILES string of the molecule is CCOc1ccc2c(C(=O)Nc3nncs3)cc(=O)oc2c1. The molecule has 1 amide bonds. The summed E-state index contributed by atoms with van der Waals surface area (Å²) in [7, 11) is 0. The molecule has 0 fully saturated rings. The van der Waals surface area contributed by atoms with Crippen molar-refractivity contribution in [3.63, 3.8) is 0 Å². The number of hydrogen-bond donors (Lipinski definition) is 1. The molecule has 0 saturated heterocycles. The lowest BCUT2D eigenvalue weighted by atomic mass is 10.1. The standard InChI is InChI=1S/C14H11N3O4S/c1-2-20-8-3-4-9-10(6-12(18)21-11(9)5-8)13(19)16-14-17-15-7-22-14/h3-7H,2H2,1H3,(H,16,17,19). The number of carbonyl (C=O) groups excluding carboxylic acids is 1. The second-order valence-corrected chi connectivity index (χ2v) is 5.10. The number of fused-ring (bicyclic) bond motifs is 1. The molecule has 0 atom stereocenters. The van der Waals surface area contributed by atoms with Gasteiger partial charge in [-0.2, -0.15) is 0 Å². The maximum Gasteiger partial charge on any atom is 0.337 e. The molecule has 0 saturated carbocycles. The van der Waals surface area contributed by atoms with E-state index in [0.717, 1.165) is 6.07 Å². The monoisotopic (exact) mass is 317 g/mol. The lowest BCUT2D eigenvalue weighted by Crippen LogP contribution is -2.15. The van der Waals surface area contributed by atoms with Crippen molar-refractivity contribution in [3.8, 4) is 5.75 Å². The third kappa shape index (κ3) is 2.82. The number of aromatic nitrogens is 2. The molecular weight excluding hydrogens is 306 g/mol. The zero-order valence-electron chi connectivity index (χ0n) is 11.5. The van der Waals surface area contributed by atoms with Crippen LogP contribution in [0.15, 0.2) is 39.0 Å². The first-order valence-electron chi connectivity index (χ1n) is 6.45. The quantitative estimate of drug-likeness (QED) is 0.742. The summed E-state index contributed by atoms with van der Waals surface area (Å²) < 4.78 is 10.5. The van der Waals surface area contributed by atoms with Gasteiger partial charge in [0.25, 0.3) is 5.91 Å². The van der Waals surface area contributed by atoms with Gasteiger partial charge in [0.05, 0.1) is 12.2 Å². The summed E-state index contributed by atoms with van der Waals surface area (Å²) in [6, 6.07) is 6.13. The number of nitrogens with one attached hydrogen (secondary N) is 1. The number of amides is 1. The Labute approximate surface area is 128 Å². The van der Waals surface area contributed by atoms with Crippen LogP contribution in [0.4, 0.5) is 5.13 Å². The summed E-state index contributed by atoms with van der Waals surface area (Å²) >= 11 is 1.19. The molecule has 0 aliphatic carbocycles. The van der Waals surface area contributed by atoms with Crippen LogP contribution in [0.1, 0.15) is 17.3 Å². The molecule has 112 valence electrons. The topological polar surface area (TPSA) is 94.3 Å². The van der Waals surface area contributed by atoms with Crippen molar-refractivity contribution in [2.45, 2.75) is 6.92 Å². The summed E-state index contributed by atoms with van der Waals surface area (Å²) in [5.74, 6) is 0.124. The van der Waals surface area contributed by atoms with Gasteiger partial charge < -0.3 is 9.15 Å². The van der Waals surface area contributed by atoms with Crippen molar-refractivity contribution in [2.24, 2.45) is 0 Å². The molecule has 8 heteroatoms. The highest BCUT2D eigenvalue weighted by Crippen LogP contribution is 2.23. The molecule has 0 radical (unpaired) electrons. The van der Waals surface area contributed by atoms with E-state index in [1.165, 1.54) is 16.8 Å². The zero-order valence-corrected chi connectivity index (χ0v) is 12.3. The normalized spacial score (nSPS) is 10.6. The molecule has 0 unspecified atom stereocenters. The zero-order chi connectivity index (χ0) is 15.5. The summed E-state index contributed by atoms with van der Waals surface area (Å²) in [6.45, 7) is 2.35. The van der Waals surface area contributed by atoms with Crippen LogP contribution in [0, 0.1) is 0 Å². The van der Waals surface area contributed by atoms with Crippen molar-refractivity contribution >= 4 is 33.3 Å². The number of nitrogens with zero attached hydrogens (tertiary/aromatic N) is 2. The van der Waals surface area contributed by atoms with E-state index in [1.54, 1.807) is 18.2 Å². The predicted octanol–water partition coefficient (Wildman–Crippen LogP) is 2.30. The first-order valence-corrected chi connectivity index (χ1v) is 7.33. The molecule has 2 aromatic heterocycles. The largest absolute Gasteiger partial charge is 0.494 e. The fraction of sp³-hybridized carbons (Fsp3) is 0.143. The van der Waals surface area contributed by atoms with Crippen LogP contribution in [0.25, 0.3) is 11.0 Å². The fourth-order valence-electron chi connectivity index (χ4n) is 1.98. The smallest absolute Gasteiger partial charge is 0.337 e. The van der Waals surface area contributed by atoms with Crippen molar-refractivity contribution < 1.29 is 13.9 Å². The summed E-state index contributed by atoms with van der Waals surface area (Å²) in [4.78, 5) is 24.0. The average molecular weight is 317 g/mol. The van der Waals surface area contributed by atoms with E-state index in [4.69, 9.17) is 9.15 Å². The number of anilines is 1. The summed E-state index contributed by atoms with van der Waals surface area (Å²) in [5.41, 5.74) is 1.40. The average Bonchev–Trinajstić information content (AvgIpc) is 2.99. The van der Waals surface area contributed by atoms with Gasteiger partial charge in [0.1, 0.15) is 16.8 Å². The van der Waals surface area contributed by atoms with Crippen LogP contribution in [0.5, 0.6) is 5.75 Å². The Balaban J connectivity index is 2.04. The molecule has 3 aromatic rings. The van der Waals surface area contributed by atoms with Crippen LogP contribution >= 0.6 is 11.3 Å². The van der Waals surface area contributed by atoms with Crippen molar-refractivity contribution in [2.75, 3.05) is 11.9 Å². The molecule has 7 nitrogen and oxygen atoms in total. The highest BCUT2D eigenvalue weighted by Gasteiger charge is 2.15. The van der Waals surface area contributed by atoms with Crippen molar-refractivity contribution in [1.29, 1.82) is 0 Å². The van der Waals surface area contributed by atoms with Gasteiger partial charge in [0.15, 0.2) is 0 Å². The van der Waals surface area contributed by atoms with Crippen LogP contribution < -0.4 is 15.7 Å². The van der Waals surface area contributed by atoms with E-state index < -0.39 is 11.5 Å². The number of ether oxygens (including phenoxy) is 1. The molecule has 0 spiro atoms. The maximum absolute atomic E-state index is 12.3. The molecule has 22 heavy (non-hydrogen) atoms. The Kier molecular flexibility index (Phi) is 3.84. The molecule has 3 rings (SSSR count). The Bertz CT molecular complexity index is 873. The van der Waals surface area contributed by atoms with E-state index in [0.29, 0.717) is 28.5 Å². The van der Waals surface area contributed by atoms with Crippen molar-refractivity contribution in [3.05, 3.63) is 45.8 Å². The van der Waals surface area contributed by atoms with E-state index in [9.17, 15) is 9.59 Å². The lowest BCUT2D eigenvalue weighted by Gasteiger charge is -2.07. The first-order chi connectivity index (χ1) is 10.7. The Morgan fingerprint density at radius 3 is 3.00 bits per heavy atom. The van der Waals surface area contributed by atoms with Gasteiger partial charge in [-0.1, -0.05) is 11.3 Å². The van der Waals surface area contributed by atoms with E-state index in [1.807, 2.05) is 6.92 Å². The molecule has 0 aliphatic heterocycles. The van der Waals surface area contributed by atoms with Gasteiger partial charge in [0, 0.05) is 17.5 Å². The van der Waals surface area contributed by atoms with Gasteiger partial charge in [-0.25, -0.2) is 4.79 Å². The van der Waals surface area contributed by atoms with Crippen LogP contribution in [-0.4, -0.2) is 22.7 Å². The van der Waals surface area contributed by atoms with E-state index in [-0.39, 0.29) is 5.56 Å². The van der Waals surface area contributed by atoms with Crippen LogP contribution in [0.3, 0.4) is 0 Å². The van der Waals surface area contributed by atoms with Gasteiger partial charge in [0.2, 0.25) is 5.13 Å². The molecule has 0 aliphatic rings. The minimum atomic E-state index is -0.608. The number of hydrogen-bond acceptors (Lipinski definition) is 7. The Morgan fingerprint density at radius 1 is 1.41 bits per heavy atom. The van der Waals surface area contributed by atoms with Crippen molar-refractivity contribution in [1.82, 2.24) is 10.2 Å². The predicted molar refractivity (Wildman–Crippen MR) is 81.5 cm³/mol. The fourth-order valence-corrected chi connectivity index (χ4v) is 2.42. The Hall–Kier alpha value is -2.74. The van der Waals surface area contributed by atoms with Gasteiger partial charge >= 0.3 is 5.63 Å². The van der Waals surface area contributed by atoms with Gasteiger partial charge in [-0.3, -0.25) is 10.1 Å². The minimum absolute atomic E-state index is 0.212.